The van der Waals surface area contributed by atoms with Gasteiger partial charge in [-0.25, -0.2) is 0 Å². The van der Waals surface area contributed by atoms with Gasteiger partial charge in [-0.1, -0.05) is 72.0 Å². The molecule has 1 aliphatic carbocycles. The Bertz CT molecular complexity index is 1280. The SMILES string of the molecule is Cc1ccc2c(c1)C(O)(c1ccccc1)c1cc(C#C[C@H]3O[C@H](CO)[C@@H](O)[C@H](O)[C@@H]3O)ccc1-2. The summed E-state index contributed by atoms with van der Waals surface area (Å²) in [5, 5.41) is 51.8. The molecule has 174 valence electrons. The average Bonchev–Trinajstić information content (AvgIpc) is 3.11. The van der Waals surface area contributed by atoms with E-state index in [9.17, 15) is 25.5 Å². The Labute approximate surface area is 197 Å². The lowest BCUT2D eigenvalue weighted by atomic mass is 9.83. The van der Waals surface area contributed by atoms with E-state index in [2.05, 4.69) is 11.8 Å². The zero-order valence-corrected chi connectivity index (χ0v) is 18.6. The molecule has 1 fully saturated rings. The van der Waals surface area contributed by atoms with Gasteiger partial charge < -0.3 is 30.3 Å². The van der Waals surface area contributed by atoms with Crippen LogP contribution in [0.3, 0.4) is 0 Å². The molecule has 5 rings (SSSR count). The zero-order valence-electron chi connectivity index (χ0n) is 18.6. The molecule has 3 aromatic rings. The van der Waals surface area contributed by atoms with Crippen molar-refractivity contribution in [1.82, 2.24) is 0 Å². The fourth-order valence-electron chi connectivity index (χ4n) is 4.86. The minimum absolute atomic E-state index is 0.510. The molecule has 34 heavy (non-hydrogen) atoms. The number of aryl methyl sites for hydroxylation is 1. The van der Waals surface area contributed by atoms with Crippen LogP contribution < -0.4 is 0 Å². The van der Waals surface area contributed by atoms with Crippen LogP contribution in [0.5, 0.6) is 0 Å². The van der Waals surface area contributed by atoms with Gasteiger partial charge in [0, 0.05) is 16.7 Å². The smallest absolute Gasteiger partial charge is 0.147 e. The molecule has 5 N–H and O–H groups in total. The van der Waals surface area contributed by atoms with Gasteiger partial charge in [-0.05, 0) is 35.7 Å². The van der Waals surface area contributed by atoms with Gasteiger partial charge in [-0.2, -0.15) is 0 Å². The van der Waals surface area contributed by atoms with Crippen LogP contribution in [0.15, 0.2) is 66.7 Å². The monoisotopic (exact) mass is 458 g/mol. The molecule has 6 heteroatoms. The van der Waals surface area contributed by atoms with Gasteiger partial charge in [0.2, 0.25) is 0 Å². The van der Waals surface area contributed by atoms with Gasteiger partial charge in [0.25, 0.3) is 0 Å². The second-order valence-electron chi connectivity index (χ2n) is 8.90. The van der Waals surface area contributed by atoms with Crippen molar-refractivity contribution in [3.8, 4) is 23.0 Å². The minimum Gasteiger partial charge on any atom is -0.394 e. The Morgan fingerprint density at radius 1 is 0.853 bits per heavy atom. The van der Waals surface area contributed by atoms with Gasteiger partial charge in [-0.3, -0.25) is 0 Å². The summed E-state index contributed by atoms with van der Waals surface area (Å²) in [6.07, 6.45) is -6.43. The molecule has 1 heterocycles. The van der Waals surface area contributed by atoms with Crippen LogP contribution in [-0.4, -0.2) is 62.7 Å². The van der Waals surface area contributed by atoms with Gasteiger partial charge >= 0.3 is 0 Å². The summed E-state index contributed by atoms with van der Waals surface area (Å²) in [5.41, 5.74) is 4.43. The molecule has 2 aliphatic rings. The second kappa shape index (κ2) is 8.64. The molecular weight excluding hydrogens is 432 g/mol. The maximum Gasteiger partial charge on any atom is 0.147 e. The molecule has 6 atom stereocenters. The molecule has 3 aromatic carbocycles. The van der Waals surface area contributed by atoms with E-state index < -0.39 is 42.7 Å². The van der Waals surface area contributed by atoms with Gasteiger partial charge in [0.05, 0.1) is 6.61 Å². The highest BCUT2D eigenvalue weighted by atomic mass is 16.5. The van der Waals surface area contributed by atoms with Crippen molar-refractivity contribution in [2.24, 2.45) is 0 Å². The van der Waals surface area contributed by atoms with Crippen molar-refractivity contribution in [3.05, 3.63) is 94.5 Å². The predicted octanol–water partition coefficient (Wildman–Crippen LogP) is 1.45. The van der Waals surface area contributed by atoms with Crippen LogP contribution in [0, 0.1) is 18.8 Å². The summed E-state index contributed by atoms with van der Waals surface area (Å²) in [7, 11) is 0. The summed E-state index contributed by atoms with van der Waals surface area (Å²) in [6.45, 7) is 1.48. The number of aliphatic hydroxyl groups is 5. The summed E-state index contributed by atoms with van der Waals surface area (Å²) >= 11 is 0. The molecule has 0 aromatic heterocycles. The summed E-state index contributed by atoms with van der Waals surface area (Å²) in [4.78, 5) is 0. The number of fused-ring (bicyclic) bond motifs is 3. The number of hydrogen-bond acceptors (Lipinski definition) is 6. The molecule has 1 unspecified atom stereocenters. The van der Waals surface area contributed by atoms with Crippen molar-refractivity contribution in [1.29, 1.82) is 0 Å². The maximum absolute atomic E-state index is 12.1. The molecule has 1 saturated heterocycles. The highest BCUT2D eigenvalue weighted by molar-refractivity contribution is 5.83. The van der Waals surface area contributed by atoms with Crippen LogP contribution in [0.4, 0.5) is 0 Å². The number of hydrogen-bond donors (Lipinski definition) is 5. The average molecular weight is 459 g/mol. The van der Waals surface area contributed by atoms with E-state index in [0.29, 0.717) is 11.1 Å². The number of benzene rings is 3. The summed E-state index contributed by atoms with van der Waals surface area (Å²) in [5.74, 6) is 5.77. The third-order valence-corrected chi connectivity index (χ3v) is 6.71. The Hall–Kier alpha value is -3.02. The first-order chi connectivity index (χ1) is 16.3. The van der Waals surface area contributed by atoms with E-state index in [1.807, 2.05) is 73.7 Å². The van der Waals surface area contributed by atoms with Gasteiger partial charge in [0.15, 0.2) is 0 Å². The molecule has 6 nitrogen and oxygen atoms in total. The first-order valence-corrected chi connectivity index (χ1v) is 11.2. The Morgan fingerprint density at radius 2 is 1.53 bits per heavy atom. The normalized spacial score (nSPS) is 29.6. The van der Waals surface area contributed by atoms with Crippen LogP contribution in [0.1, 0.15) is 27.8 Å². The van der Waals surface area contributed by atoms with E-state index in [1.165, 1.54) is 0 Å². The number of aliphatic hydroxyl groups excluding tert-OH is 4. The topological polar surface area (TPSA) is 110 Å². The summed E-state index contributed by atoms with van der Waals surface area (Å²) in [6, 6.07) is 21.1. The first kappa shape index (κ1) is 22.8. The van der Waals surface area contributed by atoms with Crippen LogP contribution >= 0.6 is 0 Å². The van der Waals surface area contributed by atoms with E-state index >= 15 is 0 Å². The van der Waals surface area contributed by atoms with Crippen molar-refractivity contribution < 1.29 is 30.3 Å². The van der Waals surface area contributed by atoms with Crippen molar-refractivity contribution in [2.45, 2.75) is 43.0 Å². The minimum atomic E-state index is -1.48. The molecule has 0 bridgehead atoms. The molecule has 0 radical (unpaired) electrons. The zero-order chi connectivity index (χ0) is 24.0. The lowest BCUT2D eigenvalue weighted by Gasteiger charge is -2.37. The van der Waals surface area contributed by atoms with Crippen LogP contribution in [0.2, 0.25) is 0 Å². The maximum atomic E-state index is 12.1. The number of rotatable bonds is 2. The summed E-state index contributed by atoms with van der Waals surface area (Å²) < 4.78 is 5.49. The van der Waals surface area contributed by atoms with E-state index in [1.54, 1.807) is 0 Å². The predicted molar refractivity (Wildman–Crippen MR) is 126 cm³/mol. The molecular formula is C28H26O6. The van der Waals surface area contributed by atoms with Gasteiger partial charge in [0.1, 0.15) is 36.1 Å². The fourth-order valence-corrected chi connectivity index (χ4v) is 4.86. The highest BCUT2D eigenvalue weighted by Crippen LogP contribution is 2.51. The van der Waals surface area contributed by atoms with Gasteiger partial charge in [-0.15, -0.1) is 0 Å². The second-order valence-corrected chi connectivity index (χ2v) is 8.90. The third-order valence-electron chi connectivity index (χ3n) is 6.71. The highest BCUT2D eigenvalue weighted by Gasteiger charge is 2.44. The third kappa shape index (κ3) is 3.55. The Balaban J connectivity index is 1.57. The van der Waals surface area contributed by atoms with E-state index in [0.717, 1.165) is 27.8 Å². The first-order valence-electron chi connectivity index (χ1n) is 11.2. The fraction of sp³-hybridized carbons (Fsp3) is 0.286. The van der Waals surface area contributed by atoms with Crippen LogP contribution in [-0.2, 0) is 10.3 Å². The number of ether oxygens (including phenoxy) is 1. The standard InChI is InChI=1S/C28H26O6/c1-16-7-10-19-20-11-8-17(9-12-23-25(30)27(32)26(31)24(15-29)34-23)14-22(20)28(33,21(19)13-16)18-5-3-2-4-6-18/h2-8,10-11,13-14,23-27,29-33H,15H2,1H3/t23-,24-,25-,26-,27-,28?/m1/s1. The lowest BCUT2D eigenvalue weighted by Crippen LogP contribution is -2.58. The van der Waals surface area contributed by atoms with Crippen LogP contribution in [0.25, 0.3) is 11.1 Å². The van der Waals surface area contributed by atoms with E-state index in [4.69, 9.17) is 4.74 Å². The van der Waals surface area contributed by atoms with Crippen molar-refractivity contribution >= 4 is 0 Å². The molecule has 1 aliphatic heterocycles. The van der Waals surface area contributed by atoms with E-state index in [-0.39, 0.29) is 0 Å². The Morgan fingerprint density at radius 3 is 2.24 bits per heavy atom. The van der Waals surface area contributed by atoms with Crippen molar-refractivity contribution in [3.63, 3.8) is 0 Å². The largest absolute Gasteiger partial charge is 0.394 e. The molecule has 0 amide bonds. The lowest BCUT2D eigenvalue weighted by molar-refractivity contribution is -0.214. The molecule has 0 spiro atoms. The van der Waals surface area contributed by atoms with Crippen molar-refractivity contribution in [2.75, 3.05) is 6.61 Å². The quantitative estimate of drug-likeness (QED) is 0.372. The Kier molecular flexibility index (Phi) is 5.78. The molecule has 0 saturated carbocycles.